The van der Waals surface area contributed by atoms with E-state index in [1.807, 2.05) is 91.0 Å². The molecule has 2 saturated heterocycles. The standard InChI is InChI=1S/C28H24N4O3S2/c29-21-24(33)32-16-28(17-36-25(21)32,26-31-30-23(37-26)20-14-8-3-9-15-20)27(34)35-22(18-10-4-1-5-11-18)19-12-6-2-7-13-19/h1-15,21-22,25H,16-17,29H2/t21?,25-,28?/m1/s1. The number of rotatable bonds is 6. The minimum absolute atomic E-state index is 0.144. The Morgan fingerprint density at radius 3 is 2.16 bits per heavy atom. The number of ether oxygens (including phenoxy) is 1. The number of β-lactam (4-membered cyclic amide) rings is 1. The number of aromatic nitrogens is 2. The Morgan fingerprint density at radius 1 is 0.946 bits per heavy atom. The molecule has 2 N–H and O–H groups in total. The summed E-state index contributed by atoms with van der Waals surface area (Å²) in [7, 11) is 0. The average molecular weight is 529 g/mol. The van der Waals surface area contributed by atoms with Crippen molar-refractivity contribution < 1.29 is 14.3 Å². The topological polar surface area (TPSA) is 98.4 Å². The van der Waals surface area contributed by atoms with Crippen LogP contribution in [-0.2, 0) is 19.7 Å². The Labute approximate surface area is 222 Å². The Balaban J connectivity index is 1.39. The molecule has 37 heavy (non-hydrogen) atoms. The summed E-state index contributed by atoms with van der Waals surface area (Å²) in [5.74, 6) is -0.196. The van der Waals surface area contributed by atoms with Crippen molar-refractivity contribution in [1.29, 1.82) is 0 Å². The molecule has 6 rings (SSSR count). The molecule has 2 fully saturated rings. The molecule has 9 heteroatoms. The van der Waals surface area contributed by atoms with Crippen LogP contribution in [0.2, 0.25) is 0 Å². The highest BCUT2D eigenvalue weighted by Crippen LogP contribution is 2.46. The van der Waals surface area contributed by atoms with Crippen LogP contribution >= 0.6 is 23.1 Å². The predicted octanol–water partition coefficient (Wildman–Crippen LogP) is 4.02. The first kappa shape index (κ1) is 23.8. The number of amides is 1. The number of fused-ring (bicyclic) bond motifs is 1. The molecule has 186 valence electrons. The zero-order chi connectivity index (χ0) is 25.4. The summed E-state index contributed by atoms with van der Waals surface area (Å²) in [6, 6.07) is 28.5. The SMILES string of the molecule is NC1C(=O)N2CC(C(=O)OC(c3ccccc3)c3ccccc3)(c3nnc(-c4ccccc4)s3)CS[C@H]12. The highest BCUT2D eigenvalue weighted by Gasteiger charge is 2.58. The molecule has 4 aromatic rings. The quantitative estimate of drug-likeness (QED) is 0.298. The molecule has 3 aromatic carbocycles. The number of carbonyl (C=O) groups is 2. The Morgan fingerprint density at radius 2 is 1.54 bits per heavy atom. The summed E-state index contributed by atoms with van der Waals surface area (Å²) < 4.78 is 6.32. The lowest BCUT2D eigenvalue weighted by Gasteiger charge is -2.52. The van der Waals surface area contributed by atoms with Crippen molar-refractivity contribution in [3.05, 3.63) is 107 Å². The van der Waals surface area contributed by atoms with Crippen molar-refractivity contribution in [1.82, 2.24) is 15.1 Å². The number of hydrogen-bond donors (Lipinski definition) is 1. The van der Waals surface area contributed by atoms with Gasteiger partial charge in [-0.25, -0.2) is 0 Å². The molecule has 0 bridgehead atoms. The summed E-state index contributed by atoms with van der Waals surface area (Å²) in [6.45, 7) is 0.162. The van der Waals surface area contributed by atoms with Gasteiger partial charge in [-0.1, -0.05) is 102 Å². The normalized spacial score (nSPS) is 22.9. The van der Waals surface area contributed by atoms with Crippen LogP contribution in [0.4, 0.5) is 0 Å². The van der Waals surface area contributed by atoms with Gasteiger partial charge < -0.3 is 15.4 Å². The summed E-state index contributed by atoms with van der Waals surface area (Å²) >= 11 is 2.86. The van der Waals surface area contributed by atoms with E-state index in [2.05, 4.69) is 10.2 Å². The molecule has 1 amide bonds. The second-order valence-electron chi connectivity index (χ2n) is 9.16. The minimum Gasteiger partial charge on any atom is -0.452 e. The molecule has 3 heterocycles. The maximum absolute atomic E-state index is 14.2. The van der Waals surface area contributed by atoms with Gasteiger partial charge in [-0.15, -0.1) is 22.0 Å². The number of nitrogens with zero attached hydrogens (tertiary/aromatic N) is 3. The highest BCUT2D eigenvalue weighted by atomic mass is 32.2. The molecule has 3 atom stereocenters. The van der Waals surface area contributed by atoms with E-state index in [1.54, 1.807) is 4.90 Å². The van der Waals surface area contributed by atoms with E-state index in [4.69, 9.17) is 10.5 Å². The molecule has 2 aliphatic rings. The predicted molar refractivity (Wildman–Crippen MR) is 144 cm³/mol. The number of benzene rings is 3. The smallest absolute Gasteiger partial charge is 0.322 e. The zero-order valence-electron chi connectivity index (χ0n) is 19.8. The Kier molecular flexibility index (Phi) is 6.27. The summed E-state index contributed by atoms with van der Waals surface area (Å²) in [5.41, 5.74) is 7.52. The van der Waals surface area contributed by atoms with Gasteiger partial charge in [0, 0.05) is 17.9 Å². The number of nitrogens with two attached hydrogens (primary N) is 1. The third-order valence-electron chi connectivity index (χ3n) is 6.80. The first-order valence-electron chi connectivity index (χ1n) is 11.9. The lowest BCUT2D eigenvalue weighted by Crippen LogP contribution is -2.73. The van der Waals surface area contributed by atoms with Crippen LogP contribution in [0.3, 0.4) is 0 Å². The van der Waals surface area contributed by atoms with Gasteiger partial charge in [0.25, 0.3) is 0 Å². The summed E-state index contributed by atoms with van der Waals surface area (Å²) in [4.78, 5) is 28.5. The lowest BCUT2D eigenvalue weighted by molar-refractivity contribution is -0.159. The van der Waals surface area contributed by atoms with Crippen LogP contribution < -0.4 is 5.73 Å². The molecule has 1 aromatic heterocycles. The first-order valence-corrected chi connectivity index (χ1v) is 13.8. The zero-order valence-corrected chi connectivity index (χ0v) is 21.4. The van der Waals surface area contributed by atoms with Gasteiger partial charge >= 0.3 is 5.97 Å². The monoisotopic (exact) mass is 528 g/mol. The number of esters is 1. The molecule has 2 aliphatic heterocycles. The molecule has 0 saturated carbocycles. The number of hydrogen-bond acceptors (Lipinski definition) is 8. The van der Waals surface area contributed by atoms with Gasteiger partial charge in [-0.2, -0.15) is 0 Å². The van der Waals surface area contributed by atoms with Gasteiger partial charge in [0.05, 0.1) is 0 Å². The second kappa shape index (κ2) is 9.74. The second-order valence-corrected chi connectivity index (χ2v) is 11.2. The molecule has 0 aliphatic carbocycles. The van der Waals surface area contributed by atoms with Crippen LogP contribution in [0.5, 0.6) is 0 Å². The van der Waals surface area contributed by atoms with E-state index in [0.29, 0.717) is 15.8 Å². The molecule has 0 radical (unpaired) electrons. The minimum atomic E-state index is -1.16. The van der Waals surface area contributed by atoms with Crippen LogP contribution in [0.25, 0.3) is 10.6 Å². The van der Waals surface area contributed by atoms with Gasteiger partial charge in [-0.05, 0) is 11.1 Å². The van der Waals surface area contributed by atoms with E-state index in [9.17, 15) is 9.59 Å². The average Bonchev–Trinajstić information content (AvgIpc) is 3.47. The van der Waals surface area contributed by atoms with E-state index >= 15 is 0 Å². The molecule has 0 spiro atoms. The van der Waals surface area contributed by atoms with Crippen LogP contribution in [-0.4, -0.2) is 50.7 Å². The van der Waals surface area contributed by atoms with Crippen molar-refractivity contribution >= 4 is 35.0 Å². The fourth-order valence-electron chi connectivity index (χ4n) is 4.73. The molecular formula is C28H24N4O3S2. The van der Waals surface area contributed by atoms with Crippen LogP contribution in [0, 0.1) is 0 Å². The number of thioether (sulfide) groups is 1. The van der Waals surface area contributed by atoms with Crippen LogP contribution in [0.1, 0.15) is 22.2 Å². The lowest BCUT2D eigenvalue weighted by atomic mass is 9.87. The van der Waals surface area contributed by atoms with Crippen molar-refractivity contribution in [2.75, 3.05) is 12.3 Å². The van der Waals surface area contributed by atoms with Crippen LogP contribution in [0.15, 0.2) is 91.0 Å². The third-order valence-corrected chi connectivity index (χ3v) is 9.52. The molecule has 7 nitrogen and oxygen atoms in total. The largest absolute Gasteiger partial charge is 0.452 e. The number of carbonyl (C=O) groups excluding carboxylic acids is 2. The van der Waals surface area contributed by atoms with Crippen molar-refractivity contribution in [3.63, 3.8) is 0 Å². The van der Waals surface area contributed by atoms with Gasteiger partial charge in [0.2, 0.25) is 5.91 Å². The fraction of sp³-hybridized carbons (Fsp3) is 0.214. The highest BCUT2D eigenvalue weighted by molar-refractivity contribution is 8.00. The van der Waals surface area contributed by atoms with E-state index in [-0.39, 0.29) is 17.8 Å². The third kappa shape index (κ3) is 4.22. The van der Waals surface area contributed by atoms with Gasteiger partial charge in [0.1, 0.15) is 26.8 Å². The summed E-state index contributed by atoms with van der Waals surface area (Å²) in [6.07, 6.45) is -0.606. The van der Waals surface area contributed by atoms with Gasteiger partial charge in [0.15, 0.2) is 6.10 Å². The summed E-state index contributed by atoms with van der Waals surface area (Å²) in [5, 5.41) is 9.98. The first-order chi connectivity index (χ1) is 18.1. The maximum atomic E-state index is 14.2. The van der Waals surface area contributed by atoms with E-state index < -0.39 is 23.5 Å². The molecule has 2 unspecified atom stereocenters. The van der Waals surface area contributed by atoms with Crippen molar-refractivity contribution in [2.45, 2.75) is 22.9 Å². The van der Waals surface area contributed by atoms with E-state index in [0.717, 1.165) is 16.7 Å². The van der Waals surface area contributed by atoms with E-state index in [1.165, 1.54) is 23.1 Å². The Hall–Kier alpha value is -3.53. The molecular weight excluding hydrogens is 504 g/mol. The maximum Gasteiger partial charge on any atom is 0.322 e. The van der Waals surface area contributed by atoms with Crippen molar-refractivity contribution in [2.24, 2.45) is 5.73 Å². The Bertz CT molecular complexity index is 1380. The fourth-order valence-corrected chi connectivity index (χ4v) is 7.32. The van der Waals surface area contributed by atoms with Gasteiger partial charge in [-0.3, -0.25) is 9.59 Å². The van der Waals surface area contributed by atoms with Crippen molar-refractivity contribution in [3.8, 4) is 10.6 Å².